The number of aryl methyl sites for hydroxylation is 2. The number of Topliss-reactive ketones (excluding diaryl/α,β-unsaturated/α-hetero) is 1. The predicted molar refractivity (Wildman–Crippen MR) is 74.5 cm³/mol. The molecule has 0 saturated heterocycles. The summed E-state index contributed by atoms with van der Waals surface area (Å²) in [5.41, 5.74) is 4.77. The zero-order valence-corrected chi connectivity index (χ0v) is 11.4. The SMILES string of the molecule is Cc1ccc(-n2c(C)cc(C(=O)CC#N)c2C)cc1. The quantitative estimate of drug-likeness (QED) is 0.785. The number of benzene rings is 1. The number of nitrogens with zero attached hydrogens (tertiary/aromatic N) is 2. The first-order valence-corrected chi connectivity index (χ1v) is 6.20. The van der Waals surface area contributed by atoms with Crippen LogP contribution in [0.15, 0.2) is 30.3 Å². The van der Waals surface area contributed by atoms with Crippen molar-refractivity contribution in [1.29, 1.82) is 5.26 Å². The van der Waals surface area contributed by atoms with Crippen molar-refractivity contribution in [3.8, 4) is 11.8 Å². The number of carbonyl (C=O) groups is 1. The summed E-state index contributed by atoms with van der Waals surface area (Å²) in [4.78, 5) is 11.9. The molecule has 0 radical (unpaired) electrons. The number of nitriles is 1. The summed E-state index contributed by atoms with van der Waals surface area (Å²) in [5.74, 6) is -0.117. The van der Waals surface area contributed by atoms with E-state index in [0.29, 0.717) is 5.56 Å². The molecule has 0 atom stereocenters. The second-order valence-corrected chi connectivity index (χ2v) is 4.71. The largest absolute Gasteiger partial charge is 0.318 e. The highest BCUT2D eigenvalue weighted by Crippen LogP contribution is 2.22. The van der Waals surface area contributed by atoms with Gasteiger partial charge in [0, 0.05) is 22.6 Å². The standard InChI is InChI=1S/C16H16N2O/c1-11-4-6-14(7-5-11)18-12(2)10-15(13(18)3)16(19)8-9-17/h4-7,10H,8H2,1-3H3. The molecular formula is C16H16N2O. The Morgan fingerprint density at radius 3 is 2.42 bits per heavy atom. The lowest BCUT2D eigenvalue weighted by atomic mass is 10.1. The molecule has 0 bridgehead atoms. The number of carbonyl (C=O) groups excluding carboxylic acids is 1. The van der Waals surface area contributed by atoms with Crippen LogP contribution in [-0.4, -0.2) is 10.4 Å². The van der Waals surface area contributed by atoms with E-state index in [4.69, 9.17) is 5.26 Å². The van der Waals surface area contributed by atoms with Crippen molar-refractivity contribution in [2.75, 3.05) is 0 Å². The van der Waals surface area contributed by atoms with Crippen LogP contribution in [0.1, 0.15) is 33.7 Å². The fourth-order valence-corrected chi connectivity index (χ4v) is 2.30. The molecule has 19 heavy (non-hydrogen) atoms. The Morgan fingerprint density at radius 2 is 1.84 bits per heavy atom. The van der Waals surface area contributed by atoms with Gasteiger partial charge < -0.3 is 4.57 Å². The molecule has 2 rings (SSSR count). The lowest BCUT2D eigenvalue weighted by Crippen LogP contribution is -2.02. The molecule has 1 aromatic heterocycles. The van der Waals surface area contributed by atoms with Crippen LogP contribution in [0.4, 0.5) is 0 Å². The van der Waals surface area contributed by atoms with Gasteiger partial charge in [0.05, 0.1) is 12.5 Å². The van der Waals surface area contributed by atoms with Crippen molar-refractivity contribution in [1.82, 2.24) is 4.57 Å². The highest BCUT2D eigenvalue weighted by molar-refractivity contribution is 5.98. The Balaban J connectivity index is 2.51. The maximum absolute atomic E-state index is 11.9. The summed E-state index contributed by atoms with van der Waals surface area (Å²) in [7, 11) is 0. The molecule has 0 spiro atoms. The third-order valence-corrected chi connectivity index (χ3v) is 3.26. The molecule has 0 saturated carbocycles. The van der Waals surface area contributed by atoms with Gasteiger partial charge >= 0.3 is 0 Å². The highest BCUT2D eigenvalue weighted by atomic mass is 16.1. The lowest BCUT2D eigenvalue weighted by Gasteiger charge is -2.10. The van der Waals surface area contributed by atoms with Crippen molar-refractivity contribution >= 4 is 5.78 Å². The Kier molecular flexibility index (Phi) is 3.52. The summed E-state index contributed by atoms with van der Waals surface area (Å²) < 4.78 is 2.05. The van der Waals surface area contributed by atoms with Gasteiger partial charge in [-0.3, -0.25) is 4.79 Å². The van der Waals surface area contributed by atoms with Crippen molar-refractivity contribution in [3.05, 3.63) is 52.8 Å². The van der Waals surface area contributed by atoms with E-state index in [1.165, 1.54) is 5.56 Å². The predicted octanol–water partition coefficient (Wildman–Crippen LogP) is 3.50. The molecule has 1 heterocycles. The molecule has 1 aromatic carbocycles. The lowest BCUT2D eigenvalue weighted by molar-refractivity contribution is 0.0997. The fourth-order valence-electron chi connectivity index (χ4n) is 2.30. The van der Waals surface area contributed by atoms with Crippen molar-refractivity contribution in [2.24, 2.45) is 0 Å². The van der Waals surface area contributed by atoms with Crippen molar-refractivity contribution < 1.29 is 4.79 Å². The van der Waals surface area contributed by atoms with E-state index in [0.717, 1.165) is 17.1 Å². The monoisotopic (exact) mass is 252 g/mol. The normalized spacial score (nSPS) is 10.2. The van der Waals surface area contributed by atoms with E-state index in [9.17, 15) is 4.79 Å². The molecule has 0 fully saturated rings. The molecule has 3 nitrogen and oxygen atoms in total. The average molecular weight is 252 g/mol. The summed E-state index contributed by atoms with van der Waals surface area (Å²) in [6.07, 6.45) is -0.0712. The first-order chi connectivity index (χ1) is 9.04. The molecular weight excluding hydrogens is 236 g/mol. The molecule has 0 unspecified atom stereocenters. The van der Waals surface area contributed by atoms with E-state index in [-0.39, 0.29) is 12.2 Å². The molecule has 0 aliphatic rings. The van der Waals surface area contributed by atoms with Crippen LogP contribution in [0.25, 0.3) is 5.69 Å². The Hall–Kier alpha value is -2.34. The van der Waals surface area contributed by atoms with E-state index in [2.05, 4.69) is 0 Å². The second kappa shape index (κ2) is 5.11. The van der Waals surface area contributed by atoms with Crippen LogP contribution in [0.2, 0.25) is 0 Å². The smallest absolute Gasteiger partial charge is 0.178 e. The first kappa shape index (κ1) is 13.1. The highest BCUT2D eigenvalue weighted by Gasteiger charge is 2.16. The second-order valence-electron chi connectivity index (χ2n) is 4.71. The minimum atomic E-state index is -0.117. The van der Waals surface area contributed by atoms with Crippen LogP contribution in [0, 0.1) is 32.1 Å². The van der Waals surface area contributed by atoms with E-state index in [1.807, 2.05) is 61.7 Å². The molecule has 96 valence electrons. The summed E-state index contributed by atoms with van der Waals surface area (Å²) in [6.45, 7) is 5.93. The van der Waals surface area contributed by atoms with Gasteiger partial charge in [0.1, 0.15) is 0 Å². The zero-order chi connectivity index (χ0) is 14.0. The van der Waals surface area contributed by atoms with Crippen LogP contribution in [0.3, 0.4) is 0 Å². The third-order valence-electron chi connectivity index (χ3n) is 3.26. The topological polar surface area (TPSA) is 45.8 Å². The molecule has 0 amide bonds. The molecule has 2 aromatic rings. The Morgan fingerprint density at radius 1 is 1.21 bits per heavy atom. The maximum atomic E-state index is 11.9. The summed E-state index contributed by atoms with van der Waals surface area (Å²) >= 11 is 0. The molecule has 3 heteroatoms. The van der Waals surface area contributed by atoms with Crippen LogP contribution >= 0.6 is 0 Å². The van der Waals surface area contributed by atoms with Gasteiger partial charge in [0.25, 0.3) is 0 Å². The van der Waals surface area contributed by atoms with E-state index >= 15 is 0 Å². The van der Waals surface area contributed by atoms with Gasteiger partial charge in [-0.25, -0.2) is 0 Å². The number of hydrogen-bond donors (Lipinski definition) is 0. The van der Waals surface area contributed by atoms with Gasteiger partial charge in [-0.1, -0.05) is 17.7 Å². The zero-order valence-electron chi connectivity index (χ0n) is 11.4. The van der Waals surface area contributed by atoms with Gasteiger partial charge in [-0.2, -0.15) is 5.26 Å². The fraction of sp³-hybridized carbons (Fsp3) is 0.250. The van der Waals surface area contributed by atoms with Crippen molar-refractivity contribution in [2.45, 2.75) is 27.2 Å². The van der Waals surface area contributed by atoms with Crippen LogP contribution in [0.5, 0.6) is 0 Å². The number of hydrogen-bond acceptors (Lipinski definition) is 2. The summed E-state index contributed by atoms with van der Waals surface area (Å²) in [6, 6.07) is 11.9. The first-order valence-electron chi connectivity index (χ1n) is 6.20. The molecule has 0 N–H and O–H groups in total. The van der Waals surface area contributed by atoms with E-state index in [1.54, 1.807) is 0 Å². The van der Waals surface area contributed by atoms with Crippen LogP contribution < -0.4 is 0 Å². The van der Waals surface area contributed by atoms with Crippen molar-refractivity contribution in [3.63, 3.8) is 0 Å². The average Bonchev–Trinajstić information content (AvgIpc) is 2.67. The minimum Gasteiger partial charge on any atom is -0.318 e. The minimum absolute atomic E-state index is 0.0712. The Bertz CT molecular complexity index is 657. The molecule has 0 aliphatic heterocycles. The van der Waals surface area contributed by atoms with E-state index < -0.39 is 0 Å². The van der Waals surface area contributed by atoms with Crippen LogP contribution in [-0.2, 0) is 0 Å². The molecule has 0 aliphatic carbocycles. The Labute approximate surface area is 113 Å². The van der Waals surface area contributed by atoms with Gasteiger partial charge in [0.15, 0.2) is 5.78 Å². The number of rotatable bonds is 3. The number of ketones is 1. The van der Waals surface area contributed by atoms with Gasteiger partial charge in [-0.05, 0) is 39.0 Å². The van der Waals surface area contributed by atoms with Gasteiger partial charge in [0.2, 0.25) is 0 Å². The van der Waals surface area contributed by atoms with Gasteiger partial charge in [-0.15, -0.1) is 0 Å². The maximum Gasteiger partial charge on any atom is 0.178 e. The number of aromatic nitrogens is 1. The summed E-state index contributed by atoms with van der Waals surface area (Å²) in [5, 5.41) is 8.63. The third kappa shape index (κ3) is 2.43.